The van der Waals surface area contributed by atoms with E-state index in [9.17, 15) is 0 Å². The smallest absolute Gasteiger partial charge is 0.0765 e. The van der Waals surface area contributed by atoms with E-state index in [1.807, 2.05) is 22.7 Å². The Balaban J connectivity index is 2.29. The van der Waals surface area contributed by atoms with Crippen LogP contribution < -0.4 is 5.32 Å². The van der Waals surface area contributed by atoms with Crippen LogP contribution in [0.15, 0.2) is 24.3 Å². The van der Waals surface area contributed by atoms with Gasteiger partial charge in [0, 0.05) is 19.5 Å². The lowest BCUT2D eigenvalue weighted by atomic mass is 9.95. The highest BCUT2D eigenvalue weighted by Gasteiger charge is 2.21. The quantitative estimate of drug-likeness (QED) is 0.713. The average molecular weight is 322 g/mol. The molecule has 0 aliphatic carbocycles. The molecule has 0 saturated carbocycles. The molecule has 2 rings (SSSR count). The standard InChI is InChI=1S/C18H27NS2/c1-6-12-19-17(14-9-8-13(7-2)20-14)15-10-11-16(21-15)18(3,4)5/h8-11,17,19H,6-7,12H2,1-5H3. The Kier molecular flexibility index (Phi) is 5.64. The van der Waals surface area contributed by atoms with E-state index in [4.69, 9.17) is 0 Å². The van der Waals surface area contributed by atoms with Crippen molar-refractivity contribution in [2.75, 3.05) is 6.54 Å². The summed E-state index contributed by atoms with van der Waals surface area (Å²) < 4.78 is 0. The Bertz CT molecular complexity index is 560. The van der Waals surface area contributed by atoms with Crippen molar-refractivity contribution in [3.63, 3.8) is 0 Å². The van der Waals surface area contributed by atoms with Crippen LogP contribution in [0.25, 0.3) is 0 Å². The summed E-state index contributed by atoms with van der Waals surface area (Å²) in [5, 5.41) is 3.73. The van der Waals surface area contributed by atoms with E-state index in [1.54, 1.807) is 0 Å². The maximum atomic E-state index is 3.73. The molecule has 1 N–H and O–H groups in total. The molecular formula is C18H27NS2. The van der Waals surface area contributed by atoms with Crippen molar-refractivity contribution in [3.05, 3.63) is 43.8 Å². The maximum absolute atomic E-state index is 3.73. The summed E-state index contributed by atoms with van der Waals surface area (Å²) >= 11 is 3.90. The van der Waals surface area contributed by atoms with Gasteiger partial charge < -0.3 is 5.32 Å². The normalized spacial score (nSPS) is 13.6. The van der Waals surface area contributed by atoms with Gasteiger partial charge in [-0.25, -0.2) is 0 Å². The van der Waals surface area contributed by atoms with Crippen molar-refractivity contribution in [3.8, 4) is 0 Å². The topological polar surface area (TPSA) is 12.0 Å². The first-order chi connectivity index (χ1) is 9.95. The molecule has 116 valence electrons. The van der Waals surface area contributed by atoms with Gasteiger partial charge in [0.1, 0.15) is 0 Å². The number of nitrogens with one attached hydrogen (secondary N) is 1. The SMILES string of the molecule is CCCNC(c1ccc(CC)s1)c1ccc(C(C)(C)C)s1. The summed E-state index contributed by atoms with van der Waals surface area (Å²) in [6.07, 6.45) is 2.29. The van der Waals surface area contributed by atoms with Gasteiger partial charge in [-0.1, -0.05) is 34.6 Å². The Labute approximate surface area is 137 Å². The van der Waals surface area contributed by atoms with E-state index in [2.05, 4.69) is 64.2 Å². The third-order valence-corrected chi connectivity index (χ3v) is 6.43. The van der Waals surface area contributed by atoms with E-state index >= 15 is 0 Å². The molecule has 0 saturated heterocycles. The molecule has 0 bridgehead atoms. The molecular weight excluding hydrogens is 294 g/mol. The number of hydrogen-bond donors (Lipinski definition) is 1. The van der Waals surface area contributed by atoms with Gasteiger partial charge in [-0.05, 0) is 49.1 Å². The predicted molar refractivity (Wildman–Crippen MR) is 96.9 cm³/mol. The van der Waals surface area contributed by atoms with Crippen molar-refractivity contribution in [1.82, 2.24) is 5.32 Å². The van der Waals surface area contributed by atoms with Gasteiger partial charge in [0.15, 0.2) is 0 Å². The van der Waals surface area contributed by atoms with E-state index < -0.39 is 0 Å². The molecule has 0 fully saturated rings. The summed E-state index contributed by atoms with van der Waals surface area (Å²) in [7, 11) is 0. The lowest BCUT2D eigenvalue weighted by molar-refractivity contribution is 0.603. The summed E-state index contributed by atoms with van der Waals surface area (Å²) in [6, 6.07) is 9.54. The molecule has 0 aliphatic heterocycles. The molecule has 0 spiro atoms. The Morgan fingerprint density at radius 1 is 1.00 bits per heavy atom. The minimum absolute atomic E-state index is 0.238. The molecule has 21 heavy (non-hydrogen) atoms. The Morgan fingerprint density at radius 3 is 2.19 bits per heavy atom. The number of hydrogen-bond acceptors (Lipinski definition) is 3. The minimum Gasteiger partial charge on any atom is -0.305 e. The van der Waals surface area contributed by atoms with Gasteiger partial charge in [-0.15, -0.1) is 22.7 Å². The van der Waals surface area contributed by atoms with Gasteiger partial charge >= 0.3 is 0 Å². The Morgan fingerprint density at radius 2 is 1.67 bits per heavy atom. The average Bonchev–Trinajstić information content (AvgIpc) is 3.07. The van der Waals surface area contributed by atoms with E-state index in [0.29, 0.717) is 6.04 Å². The largest absolute Gasteiger partial charge is 0.305 e. The van der Waals surface area contributed by atoms with Gasteiger partial charge in [-0.2, -0.15) is 0 Å². The monoisotopic (exact) mass is 321 g/mol. The second-order valence-corrected chi connectivity index (χ2v) is 8.81. The van der Waals surface area contributed by atoms with Crippen molar-refractivity contribution < 1.29 is 0 Å². The van der Waals surface area contributed by atoms with E-state index in [0.717, 1.165) is 13.0 Å². The van der Waals surface area contributed by atoms with Crippen LogP contribution in [0.5, 0.6) is 0 Å². The zero-order valence-corrected chi connectivity index (χ0v) is 15.5. The molecule has 0 amide bonds. The first kappa shape index (κ1) is 16.7. The molecule has 3 heteroatoms. The third kappa shape index (κ3) is 4.18. The van der Waals surface area contributed by atoms with Crippen molar-refractivity contribution >= 4 is 22.7 Å². The van der Waals surface area contributed by atoms with Crippen LogP contribution in [-0.4, -0.2) is 6.54 Å². The number of aryl methyl sites for hydroxylation is 1. The van der Waals surface area contributed by atoms with Crippen LogP contribution >= 0.6 is 22.7 Å². The molecule has 0 radical (unpaired) electrons. The number of thiophene rings is 2. The second-order valence-electron chi connectivity index (χ2n) is 6.50. The first-order valence-electron chi connectivity index (χ1n) is 7.88. The molecule has 2 heterocycles. The molecule has 1 nitrogen and oxygen atoms in total. The molecule has 2 aromatic rings. The Hall–Kier alpha value is -0.640. The first-order valence-corrected chi connectivity index (χ1v) is 9.51. The molecule has 1 atom stereocenters. The van der Waals surface area contributed by atoms with Crippen LogP contribution in [0, 0.1) is 0 Å². The highest BCUT2D eigenvalue weighted by atomic mass is 32.1. The molecule has 0 aromatic carbocycles. The fourth-order valence-corrected chi connectivity index (χ4v) is 4.56. The van der Waals surface area contributed by atoms with Crippen LogP contribution in [0.3, 0.4) is 0 Å². The fraction of sp³-hybridized carbons (Fsp3) is 0.556. The zero-order valence-electron chi connectivity index (χ0n) is 13.8. The van der Waals surface area contributed by atoms with E-state index in [-0.39, 0.29) is 5.41 Å². The highest BCUT2D eigenvalue weighted by Crippen LogP contribution is 2.36. The van der Waals surface area contributed by atoms with Gasteiger partial charge in [0.2, 0.25) is 0 Å². The maximum Gasteiger partial charge on any atom is 0.0765 e. The fourth-order valence-electron chi connectivity index (χ4n) is 2.28. The molecule has 1 unspecified atom stereocenters. The minimum atomic E-state index is 0.238. The lowest BCUT2D eigenvalue weighted by Gasteiger charge is -2.18. The third-order valence-electron chi connectivity index (χ3n) is 3.56. The van der Waals surface area contributed by atoms with Crippen LogP contribution in [0.4, 0.5) is 0 Å². The van der Waals surface area contributed by atoms with Crippen molar-refractivity contribution in [2.45, 2.75) is 58.9 Å². The summed E-state index contributed by atoms with van der Waals surface area (Å²) in [6.45, 7) is 12.4. The predicted octanol–water partition coefficient (Wildman–Crippen LogP) is 5.76. The molecule has 0 aliphatic rings. The summed E-state index contributed by atoms with van der Waals surface area (Å²) in [5.74, 6) is 0. The van der Waals surface area contributed by atoms with Gasteiger partial charge in [0.05, 0.1) is 6.04 Å². The van der Waals surface area contributed by atoms with Crippen molar-refractivity contribution in [2.24, 2.45) is 0 Å². The summed E-state index contributed by atoms with van der Waals surface area (Å²) in [4.78, 5) is 5.83. The number of rotatable bonds is 6. The van der Waals surface area contributed by atoms with Crippen LogP contribution in [-0.2, 0) is 11.8 Å². The van der Waals surface area contributed by atoms with Crippen LogP contribution in [0.1, 0.15) is 66.6 Å². The van der Waals surface area contributed by atoms with Crippen molar-refractivity contribution in [1.29, 1.82) is 0 Å². The van der Waals surface area contributed by atoms with Gasteiger partial charge in [0.25, 0.3) is 0 Å². The lowest BCUT2D eigenvalue weighted by Crippen LogP contribution is -2.21. The zero-order chi connectivity index (χ0) is 15.5. The van der Waals surface area contributed by atoms with Gasteiger partial charge in [-0.3, -0.25) is 0 Å². The highest BCUT2D eigenvalue weighted by molar-refractivity contribution is 7.13. The molecule has 2 aromatic heterocycles. The van der Waals surface area contributed by atoms with E-state index in [1.165, 1.54) is 25.9 Å². The summed E-state index contributed by atoms with van der Waals surface area (Å²) in [5.41, 5.74) is 0.238. The van der Waals surface area contributed by atoms with Crippen LogP contribution in [0.2, 0.25) is 0 Å². The second kappa shape index (κ2) is 7.08.